The summed E-state index contributed by atoms with van der Waals surface area (Å²) in [7, 11) is 0. The summed E-state index contributed by atoms with van der Waals surface area (Å²) in [5.41, 5.74) is 1.22. The molecule has 0 spiro atoms. The number of halogens is 2. The molecule has 0 atom stereocenters. The lowest BCUT2D eigenvalue weighted by Gasteiger charge is -2.32. The molecule has 1 aliphatic heterocycles. The zero-order chi connectivity index (χ0) is 12.3. The highest BCUT2D eigenvalue weighted by Gasteiger charge is 2.18. The Hall–Kier alpha value is 0.190. The maximum Gasteiger partial charge on any atom is 0.0487 e. The molecule has 1 aliphatic rings. The van der Waals surface area contributed by atoms with E-state index in [4.69, 9.17) is 0 Å². The Balaban J connectivity index is 1.93. The fourth-order valence-electron chi connectivity index (χ4n) is 2.22. The van der Waals surface area contributed by atoms with Gasteiger partial charge in [0, 0.05) is 32.9 Å². The molecular formula is C13H18BrIN2. The van der Waals surface area contributed by atoms with Crippen LogP contribution in [0, 0.1) is 3.57 Å². The van der Waals surface area contributed by atoms with Gasteiger partial charge >= 0.3 is 0 Å². The molecule has 94 valence electrons. The van der Waals surface area contributed by atoms with E-state index in [0.717, 1.165) is 0 Å². The highest BCUT2D eigenvalue weighted by Crippen LogP contribution is 2.26. The average Bonchev–Trinajstić information content (AvgIpc) is 2.34. The maximum atomic E-state index is 3.64. The first-order chi connectivity index (χ1) is 8.19. The molecule has 0 unspecified atom stereocenters. The maximum absolute atomic E-state index is 3.64. The van der Waals surface area contributed by atoms with E-state index < -0.39 is 0 Å². The van der Waals surface area contributed by atoms with Crippen LogP contribution >= 0.6 is 38.5 Å². The minimum atomic E-state index is 0.620. The predicted octanol–water partition coefficient (Wildman–Crippen LogP) is 3.95. The van der Waals surface area contributed by atoms with Crippen molar-refractivity contribution in [1.82, 2.24) is 4.90 Å². The van der Waals surface area contributed by atoms with Crippen molar-refractivity contribution in [2.24, 2.45) is 0 Å². The van der Waals surface area contributed by atoms with Crippen molar-refractivity contribution in [2.45, 2.75) is 25.8 Å². The standard InChI is InChI=1S/C13H18BrIN2/c1-2-17-7-5-11(6-8-17)16-13-4-3-10(15)9-12(13)14/h3-4,9,11,16H,2,5-8H2,1H3. The summed E-state index contributed by atoms with van der Waals surface area (Å²) in [6.45, 7) is 5.86. The van der Waals surface area contributed by atoms with Gasteiger partial charge in [0.1, 0.15) is 0 Å². The molecule has 2 rings (SSSR count). The number of piperidine rings is 1. The highest BCUT2D eigenvalue weighted by atomic mass is 127. The summed E-state index contributed by atoms with van der Waals surface area (Å²) in [5.74, 6) is 0. The lowest BCUT2D eigenvalue weighted by Crippen LogP contribution is -2.38. The Morgan fingerprint density at radius 3 is 2.71 bits per heavy atom. The number of anilines is 1. The lowest BCUT2D eigenvalue weighted by molar-refractivity contribution is 0.229. The van der Waals surface area contributed by atoms with Crippen LogP contribution in [0.15, 0.2) is 22.7 Å². The Bertz CT molecular complexity index is 376. The summed E-state index contributed by atoms with van der Waals surface area (Å²) >= 11 is 5.96. The SMILES string of the molecule is CCN1CCC(Nc2ccc(I)cc2Br)CC1. The Morgan fingerprint density at radius 2 is 2.12 bits per heavy atom. The molecule has 1 aromatic rings. The molecule has 0 bridgehead atoms. The van der Waals surface area contributed by atoms with E-state index >= 15 is 0 Å². The molecule has 0 amide bonds. The summed E-state index contributed by atoms with van der Waals surface area (Å²) in [4.78, 5) is 2.52. The van der Waals surface area contributed by atoms with Crippen LogP contribution in [0.3, 0.4) is 0 Å². The van der Waals surface area contributed by atoms with Crippen molar-refractivity contribution in [3.8, 4) is 0 Å². The molecular weight excluding hydrogens is 391 g/mol. The van der Waals surface area contributed by atoms with Gasteiger partial charge in [0.2, 0.25) is 0 Å². The van der Waals surface area contributed by atoms with Gasteiger partial charge in [-0.3, -0.25) is 0 Å². The smallest absolute Gasteiger partial charge is 0.0487 e. The molecule has 0 saturated carbocycles. The quantitative estimate of drug-likeness (QED) is 0.761. The topological polar surface area (TPSA) is 15.3 Å². The minimum absolute atomic E-state index is 0.620. The normalized spacial score (nSPS) is 18.3. The Kier molecular flexibility index (Phi) is 5.11. The number of benzene rings is 1. The van der Waals surface area contributed by atoms with E-state index in [9.17, 15) is 0 Å². The van der Waals surface area contributed by atoms with Crippen molar-refractivity contribution in [2.75, 3.05) is 25.0 Å². The van der Waals surface area contributed by atoms with Gasteiger partial charge in [0.25, 0.3) is 0 Å². The van der Waals surface area contributed by atoms with Gasteiger partial charge in [-0.05, 0) is 76.1 Å². The Labute approximate surface area is 125 Å². The summed E-state index contributed by atoms with van der Waals surface area (Å²) in [5, 5.41) is 3.64. The minimum Gasteiger partial charge on any atom is -0.381 e. The second kappa shape index (κ2) is 6.38. The molecule has 0 aliphatic carbocycles. The van der Waals surface area contributed by atoms with Gasteiger partial charge in [-0.1, -0.05) is 6.92 Å². The van der Waals surface area contributed by atoms with Crippen LogP contribution in [-0.4, -0.2) is 30.6 Å². The number of nitrogens with zero attached hydrogens (tertiary/aromatic N) is 1. The molecule has 4 heteroatoms. The largest absolute Gasteiger partial charge is 0.381 e. The Morgan fingerprint density at radius 1 is 1.41 bits per heavy atom. The van der Waals surface area contributed by atoms with Crippen LogP contribution in [0.2, 0.25) is 0 Å². The molecule has 1 fully saturated rings. The van der Waals surface area contributed by atoms with E-state index in [2.05, 4.69) is 73.9 Å². The monoisotopic (exact) mass is 408 g/mol. The van der Waals surface area contributed by atoms with Crippen LogP contribution < -0.4 is 5.32 Å². The predicted molar refractivity (Wildman–Crippen MR) is 85.6 cm³/mol. The van der Waals surface area contributed by atoms with Crippen LogP contribution in [-0.2, 0) is 0 Å². The van der Waals surface area contributed by atoms with Crippen molar-refractivity contribution in [1.29, 1.82) is 0 Å². The van der Waals surface area contributed by atoms with Crippen LogP contribution in [0.1, 0.15) is 19.8 Å². The molecule has 2 nitrogen and oxygen atoms in total. The summed E-state index contributed by atoms with van der Waals surface area (Å²) < 4.78 is 2.43. The van der Waals surface area contributed by atoms with Crippen molar-refractivity contribution >= 4 is 44.2 Å². The van der Waals surface area contributed by atoms with Gasteiger partial charge in [-0.25, -0.2) is 0 Å². The number of hydrogen-bond donors (Lipinski definition) is 1. The molecule has 0 radical (unpaired) electrons. The van der Waals surface area contributed by atoms with E-state index in [1.54, 1.807) is 0 Å². The number of hydrogen-bond acceptors (Lipinski definition) is 2. The van der Waals surface area contributed by atoms with Gasteiger partial charge in [0.15, 0.2) is 0 Å². The highest BCUT2D eigenvalue weighted by molar-refractivity contribution is 14.1. The molecule has 1 heterocycles. The third-order valence-corrected chi connectivity index (χ3v) is 4.65. The molecule has 17 heavy (non-hydrogen) atoms. The molecule has 1 saturated heterocycles. The third kappa shape index (κ3) is 3.83. The van der Waals surface area contributed by atoms with E-state index in [-0.39, 0.29) is 0 Å². The summed E-state index contributed by atoms with van der Waals surface area (Å²) in [6, 6.07) is 7.09. The zero-order valence-electron chi connectivity index (χ0n) is 10.0. The fraction of sp³-hybridized carbons (Fsp3) is 0.538. The summed E-state index contributed by atoms with van der Waals surface area (Å²) in [6.07, 6.45) is 2.48. The van der Waals surface area contributed by atoms with E-state index in [0.29, 0.717) is 6.04 Å². The van der Waals surface area contributed by atoms with Crippen molar-refractivity contribution in [3.63, 3.8) is 0 Å². The zero-order valence-corrected chi connectivity index (χ0v) is 13.8. The van der Waals surface area contributed by atoms with Crippen LogP contribution in [0.5, 0.6) is 0 Å². The lowest BCUT2D eigenvalue weighted by atomic mass is 10.0. The average molecular weight is 409 g/mol. The second-order valence-electron chi connectivity index (χ2n) is 4.48. The van der Waals surface area contributed by atoms with Gasteiger partial charge in [-0.15, -0.1) is 0 Å². The number of likely N-dealkylation sites (tertiary alicyclic amines) is 1. The first kappa shape index (κ1) is 13.6. The van der Waals surface area contributed by atoms with Crippen LogP contribution in [0.4, 0.5) is 5.69 Å². The van der Waals surface area contributed by atoms with E-state index in [1.807, 2.05) is 0 Å². The van der Waals surface area contributed by atoms with Gasteiger partial charge in [0.05, 0.1) is 0 Å². The van der Waals surface area contributed by atoms with Gasteiger partial charge < -0.3 is 10.2 Å². The first-order valence-electron chi connectivity index (χ1n) is 6.13. The van der Waals surface area contributed by atoms with Crippen LogP contribution in [0.25, 0.3) is 0 Å². The van der Waals surface area contributed by atoms with Crippen molar-refractivity contribution < 1.29 is 0 Å². The number of rotatable bonds is 3. The van der Waals surface area contributed by atoms with Gasteiger partial charge in [-0.2, -0.15) is 0 Å². The molecule has 1 aromatic carbocycles. The molecule has 0 aromatic heterocycles. The second-order valence-corrected chi connectivity index (χ2v) is 6.58. The third-order valence-electron chi connectivity index (χ3n) is 3.33. The number of nitrogens with one attached hydrogen (secondary N) is 1. The van der Waals surface area contributed by atoms with E-state index in [1.165, 1.54) is 46.2 Å². The van der Waals surface area contributed by atoms with Crippen molar-refractivity contribution in [3.05, 3.63) is 26.2 Å². The molecule has 1 N–H and O–H groups in total. The first-order valence-corrected chi connectivity index (χ1v) is 8.00. The fourth-order valence-corrected chi connectivity index (χ4v) is 3.63.